The van der Waals surface area contributed by atoms with Gasteiger partial charge in [0, 0.05) is 0 Å². The second-order valence-corrected chi connectivity index (χ2v) is 6.35. The number of ether oxygens (including phenoxy) is 2. The smallest absolute Gasteiger partial charge is 0.184 e. The van der Waals surface area contributed by atoms with Crippen molar-refractivity contribution in [1.82, 2.24) is 0 Å². The number of aliphatic hydroxyl groups is 10. The van der Waals surface area contributed by atoms with Gasteiger partial charge in [-0.25, -0.2) is 0 Å². The van der Waals surface area contributed by atoms with Crippen LogP contribution in [0.5, 0.6) is 0 Å². The van der Waals surface area contributed by atoms with E-state index in [0.29, 0.717) is 0 Å². The number of rotatable bonds is 2. The molecule has 0 aliphatic carbocycles. The minimum absolute atomic E-state index is 0.526. The van der Waals surface area contributed by atoms with E-state index in [0.717, 1.165) is 0 Å². The number of thiol groups is 1. The van der Waals surface area contributed by atoms with E-state index in [1.165, 1.54) is 0 Å². The fraction of sp³-hybridized carbons (Fsp3) is 1.00. The molecule has 10 N–H and O–H groups in total. The van der Waals surface area contributed by atoms with Gasteiger partial charge in [-0.15, -0.1) is 12.6 Å². The topological polar surface area (TPSA) is 221 Å². The summed E-state index contributed by atoms with van der Waals surface area (Å²) in [5.74, 6) is 0. The Morgan fingerprint density at radius 1 is 0.720 bits per heavy atom. The molecule has 2 fully saturated rings. The van der Waals surface area contributed by atoms with Crippen molar-refractivity contribution in [3.8, 4) is 0 Å². The predicted molar refractivity (Wildman–Crippen MR) is 79.9 cm³/mol. The summed E-state index contributed by atoms with van der Waals surface area (Å²) in [6.45, 7) is -1.15. The Balaban J connectivity index is 0.000000251. The molecule has 12 nitrogen and oxygen atoms in total. The zero-order valence-electron chi connectivity index (χ0n) is 12.8. The molecule has 0 aromatic carbocycles. The third-order valence-corrected chi connectivity index (χ3v) is 4.41. The quantitative estimate of drug-likeness (QED) is 0.156. The fourth-order valence-electron chi connectivity index (χ4n) is 2.21. The lowest BCUT2D eigenvalue weighted by Crippen LogP contribution is -2.64. The van der Waals surface area contributed by atoms with Gasteiger partial charge < -0.3 is 60.5 Å². The van der Waals surface area contributed by atoms with Gasteiger partial charge in [-0.2, -0.15) is 0 Å². The van der Waals surface area contributed by atoms with Crippen LogP contribution in [0.1, 0.15) is 0 Å². The summed E-state index contributed by atoms with van der Waals surface area (Å²) in [5.41, 5.74) is 0. The van der Waals surface area contributed by atoms with Gasteiger partial charge in [-0.05, 0) is 0 Å². The molecule has 0 amide bonds. The summed E-state index contributed by atoms with van der Waals surface area (Å²) in [4.78, 5) is -2.08. The molecule has 0 bridgehead atoms. The molecule has 150 valence electrons. The van der Waals surface area contributed by atoms with Gasteiger partial charge in [0.2, 0.25) is 0 Å². The number of hydrogen-bond donors (Lipinski definition) is 11. The standard InChI is InChI=1S/C6H12O6S.C6H12O6/c7-1-2-6(11,13)4(9)3(8)5(10)12-2;7-1-2-3(8)4(9)5(10)6(11)12-2/h2-5,7-11,13H,1H2;2-11H,1H2/t2-,3-,4+,5?,6-;2-,3-,4+,5-,6?/m11/s1. The van der Waals surface area contributed by atoms with E-state index in [1.807, 2.05) is 0 Å². The van der Waals surface area contributed by atoms with Crippen molar-refractivity contribution in [3.63, 3.8) is 0 Å². The van der Waals surface area contributed by atoms with E-state index >= 15 is 0 Å². The van der Waals surface area contributed by atoms with Crippen LogP contribution in [0.4, 0.5) is 0 Å². The molecule has 0 saturated carbocycles. The van der Waals surface area contributed by atoms with Crippen LogP contribution in [0.2, 0.25) is 0 Å². The van der Waals surface area contributed by atoms with Gasteiger partial charge >= 0.3 is 0 Å². The summed E-state index contributed by atoms with van der Waals surface area (Å²) >= 11 is 3.64. The maximum Gasteiger partial charge on any atom is 0.184 e. The lowest BCUT2D eigenvalue weighted by molar-refractivity contribution is -0.295. The van der Waals surface area contributed by atoms with Gasteiger partial charge in [0.1, 0.15) is 42.7 Å². The summed E-state index contributed by atoms with van der Waals surface area (Å²) in [6, 6.07) is 0. The molecule has 25 heavy (non-hydrogen) atoms. The van der Waals surface area contributed by atoms with Crippen molar-refractivity contribution in [2.75, 3.05) is 13.2 Å². The number of hydrogen-bond acceptors (Lipinski definition) is 13. The first-order chi connectivity index (χ1) is 11.5. The van der Waals surface area contributed by atoms with Crippen LogP contribution in [0.15, 0.2) is 0 Å². The molecule has 2 aliphatic heterocycles. The Bertz CT molecular complexity index is 403. The van der Waals surface area contributed by atoms with Crippen molar-refractivity contribution >= 4 is 12.6 Å². The normalized spacial score (nSPS) is 50.8. The Morgan fingerprint density at radius 3 is 1.72 bits per heavy atom. The van der Waals surface area contributed by atoms with Gasteiger partial charge in [0.25, 0.3) is 0 Å². The maximum atomic E-state index is 9.45. The minimum atomic E-state index is -2.08. The summed E-state index contributed by atoms with van der Waals surface area (Å²) in [6.07, 6.45) is -13.3. The van der Waals surface area contributed by atoms with Gasteiger partial charge in [-0.3, -0.25) is 0 Å². The molecule has 0 spiro atoms. The monoisotopic (exact) mass is 392 g/mol. The molecule has 10 atom stereocenters. The second kappa shape index (κ2) is 9.18. The highest BCUT2D eigenvalue weighted by molar-refractivity contribution is 7.81. The van der Waals surface area contributed by atoms with Crippen LogP contribution >= 0.6 is 12.6 Å². The molecular weight excluding hydrogens is 368 g/mol. The first kappa shape index (κ1) is 22.9. The van der Waals surface area contributed by atoms with Crippen molar-refractivity contribution in [2.45, 2.75) is 60.2 Å². The maximum absolute atomic E-state index is 9.45. The summed E-state index contributed by atoms with van der Waals surface area (Å²) in [7, 11) is 0. The number of aliphatic hydroxyl groups excluding tert-OH is 9. The first-order valence-electron chi connectivity index (χ1n) is 7.22. The van der Waals surface area contributed by atoms with Crippen molar-refractivity contribution < 1.29 is 60.5 Å². The molecule has 2 unspecified atom stereocenters. The molecule has 0 radical (unpaired) electrons. The SMILES string of the molecule is OC[C@H]1OC(O)[C@H](O)[C@@H](O)[C@@H]1O.OC[C@H]1OC(O)[C@H](O)[C@H](O)[C@]1(O)S. The van der Waals surface area contributed by atoms with E-state index in [4.69, 9.17) is 40.9 Å². The van der Waals surface area contributed by atoms with Crippen molar-refractivity contribution in [3.05, 3.63) is 0 Å². The molecule has 0 aromatic heterocycles. The second-order valence-electron chi connectivity index (χ2n) is 5.64. The molecule has 2 aliphatic rings. The van der Waals surface area contributed by atoms with E-state index in [2.05, 4.69) is 22.1 Å². The molecule has 2 saturated heterocycles. The van der Waals surface area contributed by atoms with E-state index in [9.17, 15) is 10.2 Å². The molecular formula is C12H24O12S. The van der Waals surface area contributed by atoms with E-state index in [-0.39, 0.29) is 0 Å². The summed E-state index contributed by atoms with van der Waals surface area (Å²) in [5, 5.41) is 90.1. The average Bonchev–Trinajstić information content (AvgIpc) is 2.58. The third kappa shape index (κ3) is 4.98. The minimum Gasteiger partial charge on any atom is -0.394 e. The fourth-order valence-corrected chi connectivity index (χ4v) is 2.50. The lowest BCUT2D eigenvalue weighted by atomic mass is 9.98. The Hall–Kier alpha value is -0.130. The van der Waals surface area contributed by atoms with Gasteiger partial charge in [-0.1, -0.05) is 0 Å². The van der Waals surface area contributed by atoms with Crippen LogP contribution in [-0.4, -0.2) is 125 Å². The molecule has 2 heterocycles. The Labute approximate surface area is 147 Å². The highest BCUT2D eigenvalue weighted by Crippen LogP contribution is 2.31. The van der Waals surface area contributed by atoms with Crippen LogP contribution in [0.25, 0.3) is 0 Å². The Kier molecular flexibility index (Phi) is 8.42. The Morgan fingerprint density at radius 2 is 1.24 bits per heavy atom. The predicted octanol–water partition coefficient (Wildman–Crippen LogP) is -6.19. The average molecular weight is 392 g/mol. The van der Waals surface area contributed by atoms with Crippen molar-refractivity contribution in [2.24, 2.45) is 0 Å². The van der Waals surface area contributed by atoms with Gasteiger partial charge in [0.15, 0.2) is 17.5 Å². The highest BCUT2D eigenvalue weighted by atomic mass is 32.1. The zero-order valence-corrected chi connectivity index (χ0v) is 13.7. The lowest BCUT2D eigenvalue weighted by Gasteiger charge is -2.43. The van der Waals surface area contributed by atoms with Gasteiger partial charge in [0.05, 0.1) is 13.2 Å². The highest BCUT2D eigenvalue weighted by Gasteiger charge is 2.52. The van der Waals surface area contributed by atoms with Crippen LogP contribution < -0.4 is 0 Å². The molecule has 2 rings (SSSR count). The van der Waals surface area contributed by atoms with E-state index in [1.54, 1.807) is 0 Å². The van der Waals surface area contributed by atoms with Crippen LogP contribution in [0, 0.1) is 0 Å². The zero-order chi connectivity index (χ0) is 19.5. The third-order valence-electron chi connectivity index (χ3n) is 3.86. The van der Waals surface area contributed by atoms with Crippen molar-refractivity contribution in [1.29, 1.82) is 0 Å². The van der Waals surface area contributed by atoms with Crippen LogP contribution in [0.3, 0.4) is 0 Å². The first-order valence-corrected chi connectivity index (χ1v) is 7.67. The molecule has 0 aromatic rings. The van der Waals surface area contributed by atoms with Crippen LogP contribution in [-0.2, 0) is 9.47 Å². The molecule has 13 heteroatoms. The summed E-state index contributed by atoms with van der Waals surface area (Å²) < 4.78 is 9.18. The largest absolute Gasteiger partial charge is 0.394 e. The van der Waals surface area contributed by atoms with E-state index < -0.39 is 73.5 Å².